The normalized spacial score (nSPS) is 14.6. The van der Waals surface area contributed by atoms with Crippen LogP contribution in [-0.2, 0) is 4.74 Å². The maximum absolute atomic E-state index is 12.9. The van der Waals surface area contributed by atoms with E-state index in [4.69, 9.17) is 9.47 Å². The Kier molecular flexibility index (Phi) is 7.09. The van der Waals surface area contributed by atoms with Crippen LogP contribution in [0.25, 0.3) is 10.6 Å². The molecule has 0 radical (unpaired) electrons. The van der Waals surface area contributed by atoms with Crippen LogP contribution in [0.3, 0.4) is 0 Å². The number of thiazole rings is 1. The van der Waals surface area contributed by atoms with Gasteiger partial charge in [-0.05, 0) is 36.6 Å². The Balaban J connectivity index is 1.60. The fourth-order valence-electron chi connectivity index (χ4n) is 3.03. The lowest BCUT2D eigenvalue weighted by Crippen LogP contribution is -2.38. The molecule has 1 aliphatic heterocycles. The summed E-state index contributed by atoms with van der Waals surface area (Å²) in [4.78, 5) is 33.1. The van der Waals surface area contributed by atoms with Gasteiger partial charge < -0.3 is 19.3 Å². The van der Waals surface area contributed by atoms with Crippen molar-refractivity contribution in [3.8, 4) is 16.3 Å². The van der Waals surface area contributed by atoms with E-state index in [0.717, 1.165) is 22.7 Å². The van der Waals surface area contributed by atoms with Crippen molar-refractivity contribution in [2.45, 2.75) is 20.3 Å². The molecule has 1 aliphatic rings. The average Bonchev–Trinajstić information content (AvgIpc) is 3.09. The van der Waals surface area contributed by atoms with Gasteiger partial charge in [-0.2, -0.15) is 0 Å². The van der Waals surface area contributed by atoms with Crippen molar-refractivity contribution in [3.05, 3.63) is 35.3 Å². The van der Waals surface area contributed by atoms with Crippen LogP contribution in [0.1, 0.15) is 30.8 Å². The molecule has 2 amide bonds. The summed E-state index contributed by atoms with van der Waals surface area (Å²) in [6, 6.07) is 7.61. The zero-order valence-electron chi connectivity index (χ0n) is 17.1. The van der Waals surface area contributed by atoms with Gasteiger partial charge >= 0.3 is 6.09 Å². The Labute approximate surface area is 175 Å². The molecule has 7 nitrogen and oxygen atoms in total. The lowest BCUT2D eigenvalue weighted by atomic mass is 10.2. The summed E-state index contributed by atoms with van der Waals surface area (Å²) in [5.74, 6) is 0.981. The van der Waals surface area contributed by atoms with Crippen molar-refractivity contribution in [2.24, 2.45) is 5.92 Å². The molecule has 0 spiro atoms. The predicted octanol–water partition coefficient (Wildman–Crippen LogP) is 3.76. The molecule has 0 aliphatic carbocycles. The number of carbonyl (C=O) groups excluding carboxylic acids is 2. The van der Waals surface area contributed by atoms with Crippen LogP contribution in [0.4, 0.5) is 4.79 Å². The minimum absolute atomic E-state index is 0.0987. The fraction of sp³-hybridized carbons (Fsp3) is 0.476. The summed E-state index contributed by atoms with van der Waals surface area (Å²) in [6.45, 7) is 6.56. The summed E-state index contributed by atoms with van der Waals surface area (Å²) in [5.41, 5.74) is 1.39. The van der Waals surface area contributed by atoms with Crippen LogP contribution in [0.5, 0.6) is 5.75 Å². The molecule has 1 saturated heterocycles. The Bertz CT molecular complexity index is 835. The molecule has 2 heterocycles. The van der Waals surface area contributed by atoms with Gasteiger partial charge in [-0.25, -0.2) is 9.78 Å². The standard InChI is InChI=1S/C21H27N3O4S/c1-15(2)13-28-21(26)24-10-4-9-23(11-12-24)20(25)18-14-29-19(22-18)16-5-7-17(27-3)8-6-16/h5-8,14-15H,4,9-13H2,1-3H3. The molecule has 0 bridgehead atoms. The van der Waals surface area contributed by atoms with E-state index in [2.05, 4.69) is 4.98 Å². The van der Waals surface area contributed by atoms with E-state index in [0.29, 0.717) is 44.4 Å². The lowest BCUT2D eigenvalue weighted by Gasteiger charge is -2.21. The third-order valence-electron chi connectivity index (χ3n) is 4.64. The third-order valence-corrected chi connectivity index (χ3v) is 5.53. The number of hydrogen-bond donors (Lipinski definition) is 0. The van der Waals surface area contributed by atoms with E-state index >= 15 is 0 Å². The first-order chi connectivity index (χ1) is 14.0. The Morgan fingerprint density at radius 3 is 2.48 bits per heavy atom. The summed E-state index contributed by atoms with van der Waals surface area (Å²) >= 11 is 1.44. The summed E-state index contributed by atoms with van der Waals surface area (Å²) in [5, 5.41) is 2.59. The molecule has 0 N–H and O–H groups in total. The zero-order valence-corrected chi connectivity index (χ0v) is 17.9. The second kappa shape index (κ2) is 9.73. The Hall–Kier alpha value is -2.61. The summed E-state index contributed by atoms with van der Waals surface area (Å²) in [6.07, 6.45) is 0.418. The molecule has 2 aromatic rings. The monoisotopic (exact) mass is 417 g/mol. The number of nitrogens with zero attached hydrogens (tertiary/aromatic N) is 3. The second-order valence-electron chi connectivity index (χ2n) is 7.37. The molecule has 0 saturated carbocycles. The number of benzene rings is 1. The first-order valence-electron chi connectivity index (χ1n) is 9.79. The topological polar surface area (TPSA) is 72.0 Å². The van der Waals surface area contributed by atoms with Gasteiger partial charge in [0, 0.05) is 37.1 Å². The number of carbonyl (C=O) groups is 2. The van der Waals surface area contributed by atoms with Crippen LogP contribution in [0.15, 0.2) is 29.6 Å². The molecule has 3 rings (SSSR count). The van der Waals surface area contributed by atoms with Gasteiger partial charge in [-0.1, -0.05) is 13.8 Å². The summed E-state index contributed by atoms with van der Waals surface area (Å²) < 4.78 is 10.5. The lowest BCUT2D eigenvalue weighted by molar-refractivity contribution is 0.0742. The largest absolute Gasteiger partial charge is 0.497 e. The fourth-order valence-corrected chi connectivity index (χ4v) is 3.83. The zero-order chi connectivity index (χ0) is 20.8. The number of methoxy groups -OCH3 is 1. The van der Waals surface area contributed by atoms with Gasteiger partial charge in [0.2, 0.25) is 0 Å². The van der Waals surface area contributed by atoms with E-state index in [-0.39, 0.29) is 12.0 Å². The Morgan fingerprint density at radius 2 is 1.79 bits per heavy atom. The number of hydrogen-bond acceptors (Lipinski definition) is 6. The highest BCUT2D eigenvalue weighted by Gasteiger charge is 2.25. The molecule has 1 aromatic carbocycles. The highest BCUT2D eigenvalue weighted by atomic mass is 32.1. The van der Waals surface area contributed by atoms with E-state index in [1.165, 1.54) is 11.3 Å². The number of amides is 2. The van der Waals surface area contributed by atoms with E-state index in [9.17, 15) is 9.59 Å². The highest BCUT2D eigenvalue weighted by Crippen LogP contribution is 2.26. The first-order valence-corrected chi connectivity index (χ1v) is 10.7. The maximum atomic E-state index is 12.9. The van der Waals surface area contributed by atoms with Gasteiger partial charge in [-0.3, -0.25) is 4.79 Å². The van der Waals surface area contributed by atoms with Crippen molar-refractivity contribution >= 4 is 23.3 Å². The van der Waals surface area contributed by atoms with Crippen molar-refractivity contribution in [1.29, 1.82) is 0 Å². The van der Waals surface area contributed by atoms with Crippen molar-refractivity contribution in [3.63, 3.8) is 0 Å². The van der Waals surface area contributed by atoms with Gasteiger partial charge in [0.15, 0.2) is 0 Å². The molecule has 29 heavy (non-hydrogen) atoms. The van der Waals surface area contributed by atoms with Crippen LogP contribution in [0.2, 0.25) is 0 Å². The minimum atomic E-state index is -0.302. The van der Waals surface area contributed by atoms with Gasteiger partial charge in [0.25, 0.3) is 5.91 Å². The number of ether oxygens (including phenoxy) is 2. The third kappa shape index (κ3) is 5.47. The smallest absolute Gasteiger partial charge is 0.409 e. The van der Waals surface area contributed by atoms with E-state index in [1.54, 1.807) is 22.3 Å². The predicted molar refractivity (Wildman–Crippen MR) is 112 cm³/mol. The molecule has 0 atom stereocenters. The molecule has 1 fully saturated rings. The van der Waals surface area contributed by atoms with Crippen LogP contribution in [-0.4, -0.2) is 66.7 Å². The molecule has 0 unspecified atom stereocenters. The highest BCUT2D eigenvalue weighted by molar-refractivity contribution is 7.13. The van der Waals surface area contributed by atoms with Crippen LogP contribution >= 0.6 is 11.3 Å². The molecule has 1 aromatic heterocycles. The van der Waals surface area contributed by atoms with Gasteiger partial charge in [0.05, 0.1) is 13.7 Å². The molecule has 156 valence electrons. The summed E-state index contributed by atoms with van der Waals surface area (Å²) in [7, 11) is 1.63. The van der Waals surface area contributed by atoms with Gasteiger partial charge in [0.1, 0.15) is 16.5 Å². The van der Waals surface area contributed by atoms with Crippen molar-refractivity contribution in [2.75, 3.05) is 39.9 Å². The number of aromatic nitrogens is 1. The van der Waals surface area contributed by atoms with E-state index < -0.39 is 0 Å². The quantitative estimate of drug-likeness (QED) is 0.741. The minimum Gasteiger partial charge on any atom is -0.497 e. The van der Waals surface area contributed by atoms with Crippen LogP contribution in [0, 0.1) is 5.92 Å². The molecule has 8 heteroatoms. The average molecular weight is 418 g/mol. The van der Waals surface area contributed by atoms with E-state index in [1.807, 2.05) is 38.1 Å². The van der Waals surface area contributed by atoms with Gasteiger partial charge in [-0.15, -0.1) is 11.3 Å². The van der Waals surface area contributed by atoms with Crippen molar-refractivity contribution < 1.29 is 19.1 Å². The van der Waals surface area contributed by atoms with Crippen LogP contribution < -0.4 is 4.74 Å². The van der Waals surface area contributed by atoms with Crippen molar-refractivity contribution in [1.82, 2.24) is 14.8 Å². The maximum Gasteiger partial charge on any atom is 0.409 e. The SMILES string of the molecule is COc1ccc(-c2nc(C(=O)N3CCCN(C(=O)OCC(C)C)CC3)cs2)cc1. The second-order valence-corrected chi connectivity index (χ2v) is 8.23. The Morgan fingerprint density at radius 1 is 1.10 bits per heavy atom. The first kappa shape index (κ1) is 21.1. The number of rotatable bonds is 5. The molecular formula is C21H27N3O4S. The molecular weight excluding hydrogens is 390 g/mol.